The first-order chi connectivity index (χ1) is 12.0. The van der Waals surface area contributed by atoms with Gasteiger partial charge in [-0.15, -0.1) is 0 Å². The number of halogens is 3. The van der Waals surface area contributed by atoms with Gasteiger partial charge in [0.25, 0.3) is 0 Å². The van der Waals surface area contributed by atoms with Crippen LogP contribution in [0.2, 0.25) is 10.0 Å². The molecule has 1 saturated heterocycles. The van der Waals surface area contributed by atoms with Crippen LogP contribution < -0.4 is 5.69 Å². The molecule has 1 aromatic heterocycles. The number of nitrogens with one attached hydrogen (secondary N) is 1. The summed E-state index contributed by atoms with van der Waals surface area (Å²) in [5.74, 6) is 0. The number of H-pyrrole nitrogens is 1. The average Bonchev–Trinajstić information content (AvgIpc) is 3.14. The van der Waals surface area contributed by atoms with Crippen molar-refractivity contribution in [3.63, 3.8) is 0 Å². The summed E-state index contributed by atoms with van der Waals surface area (Å²) in [6.45, 7) is 2.68. The highest BCUT2D eigenvalue weighted by molar-refractivity contribution is 9.10. The SMILES string of the molecule is O=c1[nH]c2cc(Cl)c(Cl)cc2n1[C@@H]1CCN(Cc2ccc(Br)cc2)C1. The Morgan fingerprint density at radius 1 is 1.16 bits per heavy atom. The molecule has 3 aromatic rings. The fourth-order valence-electron chi connectivity index (χ4n) is 3.50. The van der Waals surface area contributed by atoms with Gasteiger partial charge in [0, 0.05) is 24.1 Å². The maximum atomic E-state index is 12.4. The summed E-state index contributed by atoms with van der Waals surface area (Å²) in [7, 11) is 0. The molecular formula is C18H16BrCl2N3O. The number of likely N-dealkylation sites (tertiary alicyclic amines) is 1. The molecule has 0 saturated carbocycles. The zero-order valence-corrected chi connectivity index (χ0v) is 16.4. The lowest BCUT2D eigenvalue weighted by molar-refractivity contribution is 0.316. The van der Waals surface area contributed by atoms with Gasteiger partial charge in [0.05, 0.1) is 27.1 Å². The molecule has 4 rings (SSSR count). The van der Waals surface area contributed by atoms with Crippen LogP contribution in [-0.2, 0) is 6.54 Å². The summed E-state index contributed by atoms with van der Waals surface area (Å²) in [5, 5.41) is 0.914. The standard InChI is InChI=1S/C18H16BrCl2N3O/c19-12-3-1-11(2-4-12)9-23-6-5-13(10-23)24-17-8-15(21)14(20)7-16(17)22-18(24)25/h1-4,7-8,13H,5-6,9-10H2,(H,22,25)/t13-/m1/s1. The number of aromatic amines is 1. The van der Waals surface area contributed by atoms with E-state index in [1.165, 1.54) is 5.56 Å². The van der Waals surface area contributed by atoms with Crippen LogP contribution in [0.5, 0.6) is 0 Å². The lowest BCUT2D eigenvalue weighted by Gasteiger charge is -2.17. The van der Waals surface area contributed by atoms with Gasteiger partial charge in [0.1, 0.15) is 0 Å². The number of hydrogen-bond donors (Lipinski definition) is 1. The van der Waals surface area contributed by atoms with Crippen LogP contribution in [-0.4, -0.2) is 27.5 Å². The third-order valence-electron chi connectivity index (χ3n) is 4.69. The second-order valence-electron chi connectivity index (χ2n) is 6.39. The number of fused-ring (bicyclic) bond motifs is 1. The van der Waals surface area contributed by atoms with Crippen molar-refractivity contribution in [1.82, 2.24) is 14.5 Å². The van der Waals surface area contributed by atoms with Crippen LogP contribution in [0, 0.1) is 0 Å². The van der Waals surface area contributed by atoms with Crippen molar-refractivity contribution in [2.24, 2.45) is 0 Å². The number of hydrogen-bond acceptors (Lipinski definition) is 2. The van der Waals surface area contributed by atoms with Crippen molar-refractivity contribution >= 4 is 50.2 Å². The van der Waals surface area contributed by atoms with Gasteiger partial charge in [-0.3, -0.25) is 9.47 Å². The van der Waals surface area contributed by atoms with Gasteiger partial charge in [0.2, 0.25) is 0 Å². The highest BCUT2D eigenvalue weighted by Crippen LogP contribution is 2.30. The normalized spacial score (nSPS) is 18.3. The molecule has 130 valence electrons. The van der Waals surface area contributed by atoms with E-state index in [2.05, 4.69) is 50.1 Å². The minimum absolute atomic E-state index is 0.108. The van der Waals surface area contributed by atoms with Gasteiger partial charge in [0.15, 0.2) is 0 Å². The highest BCUT2D eigenvalue weighted by Gasteiger charge is 2.26. The van der Waals surface area contributed by atoms with Crippen LogP contribution in [0.1, 0.15) is 18.0 Å². The fraction of sp³-hybridized carbons (Fsp3) is 0.278. The first-order valence-corrected chi connectivity index (χ1v) is 9.62. The van der Waals surface area contributed by atoms with E-state index < -0.39 is 0 Å². The van der Waals surface area contributed by atoms with Crippen molar-refractivity contribution in [3.8, 4) is 0 Å². The smallest absolute Gasteiger partial charge is 0.305 e. The molecule has 1 aliphatic heterocycles. The topological polar surface area (TPSA) is 41.0 Å². The Balaban J connectivity index is 1.58. The van der Waals surface area contributed by atoms with Crippen LogP contribution in [0.3, 0.4) is 0 Å². The van der Waals surface area contributed by atoms with Crippen molar-refractivity contribution < 1.29 is 0 Å². The van der Waals surface area contributed by atoms with Crippen LogP contribution in [0.25, 0.3) is 11.0 Å². The first-order valence-electron chi connectivity index (χ1n) is 8.07. The molecule has 0 spiro atoms. The third kappa shape index (κ3) is 3.38. The second-order valence-corrected chi connectivity index (χ2v) is 8.12. The number of nitrogens with zero attached hydrogens (tertiary/aromatic N) is 2. The molecule has 2 heterocycles. The van der Waals surface area contributed by atoms with E-state index >= 15 is 0 Å². The van der Waals surface area contributed by atoms with Gasteiger partial charge >= 0.3 is 5.69 Å². The predicted octanol–water partition coefficient (Wildman–Crippen LogP) is 4.85. The zero-order valence-electron chi connectivity index (χ0n) is 13.3. The van der Waals surface area contributed by atoms with Gasteiger partial charge < -0.3 is 4.98 Å². The van der Waals surface area contributed by atoms with Crippen molar-refractivity contribution in [3.05, 3.63) is 67.0 Å². The van der Waals surface area contributed by atoms with Gasteiger partial charge in [-0.1, -0.05) is 51.3 Å². The molecule has 0 bridgehead atoms. The molecule has 0 unspecified atom stereocenters. The molecule has 0 amide bonds. The van der Waals surface area contributed by atoms with E-state index in [0.717, 1.165) is 41.6 Å². The summed E-state index contributed by atoms with van der Waals surface area (Å²) >= 11 is 15.7. The Bertz CT molecular complexity index is 980. The first kappa shape index (κ1) is 17.2. The Morgan fingerprint density at radius 3 is 2.64 bits per heavy atom. The average molecular weight is 441 g/mol. The van der Waals surface area contributed by atoms with Gasteiger partial charge in [-0.25, -0.2) is 4.79 Å². The monoisotopic (exact) mass is 439 g/mol. The fourth-order valence-corrected chi connectivity index (χ4v) is 4.08. The Labute approximate surface area is 163 Å². The third-order valence-corrected chi connectivity index (χ3v) is 5.94. The molecule has 4 nitrogen and oxygen atoms in total. The molecule has 1 atom stereocenters. The summed E-state index contributed by atoms with van der Waals surface area (Å²) < 4.78 is 2.90. The molecule has 1 aliphatic rings. The molecule has 1 N–H and O–H groups in total. The summed E-state index contributed by atoms with van der Waals surface area (Å²) in [4.78, 5) is 17.7. The van der Waals surface area contributed by atoms with E-state index in [4.69, 9.17) is 23.2 Å². The lowest BCUT2D eigenvalue weighted by Crippen LogP contribution is -2.26. The molecule has 0 aliphatic carbocycles. The summed E-state index contributed by atoms with van der Waals surface area (Å²) in [6, 6.07) is 12.0. The second kappa shape index (κ2) is 6.80. The molecule has 0 radical (unpaired) electrons. The molecule has 2 aromatic carbocycles. The Hall–Kier alpha value is -1.27. The zero-order chi connectivity index (χ0) is 17.6. The molecule has 1 fully saturated rings. The van der Waals surface area contributed by atoms with Crippen LogP contribution in [0.4, 0.5) is 0 Å². The lowest BCUT2D eigenvalue weighted by atomic mass is 10.2. The van der Waals surface area contributed by atoms with E-state index in [1.807, 2.05) is 4.57 Å². The highest BCUT2D eigenvalue weighted by atomic mass is 79.9. The van der Waals surface area contributed by atoms with Crippen LogP contribution in [0.15, 0.2) is 45.7 Å². The summed E-state index contributed by atoms with van der Waals surface area (Å²) in [5.41, 5.74) is 2.70. The Kier molecular flexibility index (Phi) is 4.67. The van der Waals surface area contributed by atoms with Crippen molar-refractivity contribution in [1.29, 1.82) is 0 Å². The molecule has 7 heteroatoms. The van der Waals surface area contributed by atoms with E-state index in [9.17, 15) is 4.79 Å². The van der Waals surface area contributed by atoms with Gasteiger partial charge in [-0.05, 0) is 36.2 Å². The van der Waals surface area contributed by atoms with Crippen molar-refractivity contribution in [2.45, 2.75) is 19.0 Å². The summed E-state index contributed by atoms with van der Waals surface area (Å²) in [6.07, 6.45) is 0.934. The number of benzene rings is 2. The van der Waals surface area contributed by atoms with Crippen LogP contribution >= 0.6 is 39.1 Å². The maximum absolute atomic E-state index is 12.4. The van der Waals surface area contributed by atoms with E-state index in [1.54, 1.807) is 12.1 Å². The number of imidazole rings is 1. The van der Waals surface area contributed by atoms with Gasteiger partial charge in [-0.2, -0.15) is 0 Å². The van der Waals surface area contributed by atoms with E-state index in [-0.39, 0.29) is 11.7 Å². The Morgan fingerprint density at radius 2 is 1.88 bits per heavy atom. The minimum atomic E-state index is -0.108. The molecule has 25 heavy (non-hydrogen) atoms. The quantitative estimate of drug-likeness (QED) is 0.632. The number of rotatable bonds is 3. The van der Waals surface area contributed by atoms with Crippen molar-refractivity contribution in [2.75, 3.05) is 13.1 Å². The maximum Gasteiger partial charge on any atom is 0.326 e. The molecular weight excluding hydrogens is 425 g/mol. The van der Waals surface area contributed by atoms with E-state index in [0.29, 0.717) is 10.0 Å². The predicted molar refractivity (Wildman–Crippen MR) is 106 cm³/mol. The minimum Gasteiger partial charge on any atom is -0.305 e. The number of aromatic nitrogens is 2. The largest absolute Gasteiger partial charge is 0.326 e.